The molecule has 1 aliphatic rings. The Morgan fingerprint density at radius 3 is 2.50 bits per heavy atom. The van der Waals surface area contributed by atoms with Gasteiger partial charge in [-0.25, -0.2) is 0 Å². The van der Waals surface area contributed by atoms with Crippen LogP contribution in [0.1, 0.15) is 24.2 Å². The predicted molar refractivity (Wildman–Crippen MR) is 109 cm³/mol. The lowest BCUT2D eigenvalue weighted by atomic mass is 9.94. The highest BCUT2D eigenvalue weighted by molar-refractivity contribution is 6.08. The van der Waals surface area contributed by atoms with Crippen molar-refractivity contribution in [3.05, 3.63) is 46.0 Å². The first-order chi connectivity index (χ1) is 14.2. The van der Waals surface area contributed by atoms with E-state index in [4.69, 9.17) is 14.2 Å². The van der Waals surface area contributed by atoms with E-state index < -0.39 is 21.9 Å². The van der Waals surface area contributed by atoms with Crippen molar-refractivity contribution >= 4 is 28.9 Å². The quantitative estimate of drug-likeness (QED) is 0.566. The van der Waals surface area contributed by atoms with Gasteiger partial charge in [-0.05, 0) is 32.0 Å². The highest BCUT2D eigenvalue weighted by Crippen LogP contribution is 2.36. The maximum absolute atomic E-state index is 12.8. The maximum Gasteiger partial charge on any atom is 0.286 e. The fourth-order valence-electron chi connectivity index (χ4n) is 2.85. The lowest BCUT2D eigenvalue weighted by Crippen LogP contribution is -2.33. The Kier molecular flexibility index (Phi) is 5.50. The summed E-state index contributed by atoms with van der Waals surface area (Å²) in [5.74, 6) is -0.167. The molecule has 30 heavy (non-hydrogen) atoms. The fraction of sp³-hybridized carbons (Fsp3) is 0.300. The van der Waals surface area contributed by atoms with E-state index in [0.29, 0.717) is 17.1 Å². The van der Waals surface area contributed by atoms with E-state index >= 15 is 0 Å². The van der Waals surface area contributed by atoms with Gasteiger partial charge in [0.25, 0.3) is 11.6 Å². The van der Waals surface area contributed by atoms with Crippen molar-refractivity contribution in [3.8, 4) is 17.2 Å². The van der Waals surface area contributed by atoms with E-state index in [2.05, 4.69) is 10.6 Å². The molecule has 2 amide bonds. The number of nitrogens with one attached hydrogen (secondary N) is 2. The number of rotatable bonds is 5. The molecule has 0 atom stereocenters. The van der Waals surface area contributed by atoms with Crippen molar-refractivity contribution in [2.24, 2.45) is 5.41 Å². The molecule has 10 nitrogen and oxygen atoms in total. The molecule has 2 aromatic carbocycles. The highest BCUT2D eigenvalue weighted by Gasteiger charge is 2.32. The Morgan fingerprint density at radius 1 is 1.20 bits per heavy atom. The average molecular weight is 415 g/mol. The molecule has 0 saturated carbocycles. The zero-order valence-electron chi connectivity index (χ0n) is 16.9. The van der Waals surface area contributed by atoms with Crippen LogP contribution in [0.4, 0.5) is 17.1 Å². The van der Waals surface area contributed by atoms with Crippen molar-refractivity contribution in [2.75, 3.05) is 31.5 Å². The second-order valence-electron chi connectivity index (χ2n) is 7.27. The molecule has 2 N–H and O–H groups in total. The van der Waals surface area contributed by atoms with E-state index in [1.54, 1.807) is 26.0 Å². The summed E-state index contributed by atoms with van der Waals surface area (Å²) in [6.07, 6.45) is 0. The van der Waals surface area contributed by atoms with Gasteiger partial charge in [-0.15, -0.1) is 0 Å². The van der Waals surface area contributed by atoms with Crippen LogP contribution in [0.5, 0.6) is 17.2 Å². The number of amides is 2. The third-order valence-corrected chi connectivity index (χ3v) is 4.63. The van der Waals surface area contributed by atoms with Gasteiger partial charge in [-0.1, -0.05) is 0 Å². The van der Waals surface area contributed by atoms with Crippen molar-refractivity contribution in [2.45, 2.75) is 13.8 Å². The number of nitro benzene ring substituents is 1. The average Bonchev–Trinajstić information content (AvgIpc) is 2.82. The number of hydrogen-bond donors (Lipinski definition) is 2. The summed E-state index contributed by atoms with van der Waals surface area (Å²) in [6, 6.07) is 7.08. The molecule has 0 bridgehead atoms. The fourth-order valence-corrected chi connectivity index (χ4v) is 2.85. The van der Waals surface area contributed by atoms with E-state index in [-0.39, 0.29) is 29.6 Å². The van der Waals surface area contributed by atoms with E-state index in [1.807, 2.05) is 0 Å². The van der Waals surface area contributed by atoms with Crippen molar-refractivity contribution < 1.29 is 28.7 Å². The number of benzene rings is 2. The number of hydrogen-bond acceptors (Lipinski definition) is 7. The van der Waals surface area contributed by atoms with Gasteiger partial charge in [0.2, 0.25) is 5.91 Å². The number of nitrogens with zero attached hydrogens (tertiary/aromatic N) is 1. The molecule has 0 aromatic heterocycles. The molecule has 0 spiro atoms. The molecule has 1 aliphatic heterocycles. The van der Waals surface area contributed by atoms with Gasteiger partial charge in [-0.3, -0.25) is 19.7 Å². The van der Waals surface area contributed by atoms with Gasteiger partial charge in [0, 0.05) is 11.8 Å². The molecular formula is C20H21N3O7. The topological polar surface area (TPSA) is 129 Å². The lowest BCUT2D eigenvalue weighted by Gasteiger charge is -2.18. The van der Waals surface area contributed by atoms with E-state index in [0.717, 1.165) is 6.07 Å². The van der Waals surface area contributed by atoms with E-state index in [1.165, 1.54) is 26.4 Å². The van der Waals surface area contributed by atoms with Gasteiger partial charge >= 0.3 is 0 Å². The highest BCUT2D eigenvalue weighted by atomic mass is 16.6. The van der Waals surface area contributed by atoms with Crippen LogP contribution < -0.4 is 24.8 Å². The molecule has 0 unspecified atom stereocenters. The van der Waals surface area contributed by atoms with Crippen LogP contribution in [0.15, 0.2) is 30.3 Å². The minimum atomic E-state index is -0.720. The second-order valence-corrected chi connectivity index (χ2v) is 7.27. The first-order valence-electron chi connectivity index (χ1n) is 8.96. The summed E-state index contributed by atoms with van der Waals surface area (Å²) >= 11 is 0. The summed E-state index contributed by atoms with van der Waals surface area (Å²) in [5.41, 5.74) is -0.633. The molecule has 158 valence electrons. The number of carbonyl (C=O) groups excluding carboxylic acids is 2. The Hall–Kier alpha value is -3.82. The minimum Gasteiger partial charge on any atom is -0.493 e. The van der Waals surface area contributed by atoms with E-state index in [9.17, 15) is 19.7 Å². The monoisotopic (exact) mass is 415 g/mol. The van der Waals surface area contributed by atoms with Crippen LogP contribution in [-0.2, 0) is 4.79 Å². The first kappa shape index (κ1) is 20.9. The molecule has 0 radical (unpaired) electrons. The number of fused-ring (bicyclic) bond motifs is 1. The molecule has 3 rings (SSSR count). The number of anilines is 2. The standard InChI is InChI=1S/C20H21N3O7/c1-20(2)10-30-15-6-5-11(7-13(15)22-19(20)25)21-18(24)12-8-16(28-3)17(29-4)9-14(12)23(26)27/h5-9H,10H2,1-4H3,(H,21,24)(H,22,25). The Morgan fingerprint density at radius 2 is 1.87 bits per heavy atom. The third kappa shape index (κ3) is 3.97. The maximum atomic E-state index is 12.8. The molecule has 10 heteroatoms. The van der Waals surface area contributed by atoms with Crippen LogP contribution in [0.3, 0.4) is 0 Å². The van der Waals surface area contributed by atoms with Crippen molar-refractivity contribution in [1.29, 1.82) is 0 Å². The predicted octanol–water partition coefficient (Wildman–Crippen LogP) is 3.22. The zero-order valence-corrected chi connectivity index (χ0v) is 16.9. The summed E-state index contributed by atoms with van der Waals surface area (Å²) in [5, 5.41) is 16.8. The van der Waals surface area contributed by atoms with Crippen LogP contribution in [-0.4, -0.2) is 37.6 Å². The molecule has 0 fully saturated rings. The number of nitro groups is 1. The third-order valence-electron chi connectivity index (χ3n) is 4.63. The minimum absolute atomic E-state index is 0.133. The molecule has 0 aliphatic carbocycles. The van der Waals surface area contributed by atoms with Crippen molar-refractivity contribution in [1.82, 2.24) is 0 Å². The van der Waals surface area contributed by atoms with Crippen LogP contribution in [0, 0.1) is 15.5 Å². The summed E-state index contributed by atoms with van der Waals surface area (Å²) in [7, 11) is 2.71. The van der Waals surface area contributed by atoms with Gasteiger partial charge < -0.3 is 24.8 Å². The van der Waals surface area contributed by atoms with Gasteiger partial charge in [0.05, 0.1) is 36.3 Å². The molecule has 0 saturated heterocycles. The number of carbonyl (C=O) groups is 2. The second kappa shape index (κ2) is 7.90. The smallest absolute Gasteiger partial charge is 0.286 e. The Bertz CT molecular complexity index is 1030. The van der Waals surface area contributed by atoms with Crippen LogP contribution >= 0.6 is 0 Å². The normalized spacial score (nSPS) is 14.5. The molecule has 2 aromatic rings. The van der Waals surface area contributed by atoms with Crippen LogP contribution in [0.25, 0.3) is 0 Å². The first-order valence-corrected chi connectivity index (χ1v) is 8.96. The van der Waals surface area contributed by atoms with Gasteiger partial charge in [0.1, 0.15) is 17.9 Å². The zero-order chi connectivity index (χ0) is 22.1. The summed E-state index contributed by atoms with van der Waals surface area (Å²) in [6.45, 7) is 3.72. The lowest BCUT2D eigenvalue weighted by molar-refractivity contribution is -0.385. The number of ether oxygens (including phenoxy) is 3. The molecule has 1 heterocycles. The SMILES string of the molecule is COc1cc(C(=O)Nc2ccc3c(c2)NC(=O)C(C)(C)CO3)c([N+](=O)[O-])cc1OC. The molecular weight excluding hydrogens is 394 g/mol. The summed E-state index contributed by atoms with van der Waals surface area (Å²) in [4.78, 5) is 35.9. The Balaban J connectivity index is 1.92. The van der Waals surface area contributed by atoms with Crippen LogP contribution in [0.2, 0.25) is 0 Å². The summed E-state index contributed by atoms with van der Waals surface area (Å²) < 4.78 is 15.9. The Labute approximate surface area is 172 Å². The van der Waals surface area contributed by atoms with Gasteiger partial charge in [0.15, 0.2) is 11.5 Å². The number of methoxy groups -OCH3 is 2. The largest absolute Gasteiger partial charge is 0.493 e. The van der Waals surface area contributed by atoms with Crippen molar-refractivity contribution in [3.63, 3.8) is 0 Å². The van der Waals surface area contributed by atoms with Gasteiger partial charge in [-0.2, -0.15) is 0 Å².